The molecule has 0 spiro atoms. The third kappa shape index (κ3) is 2.06. The maximum atomic E-state index is 3.60. The SMILES string of the molecule is CCC1CNCCN1C(C)C12CC3CC(CC(C3)C1)C2. The zero-order valence-electron chi connectivity index (χ0n) is 13.4. The van der Waals surface area contributed by atoms with E-state index < -0.39 is 0 Å². The van der Waals surface area contributed by atoms with Crippen LogP contribution in [0.4, 0.5) is 0 Å². The number of nitrogens with zero attached hydrogens (tertiary/aromatic N) is 1. The summed E-state index contributed by atoms with van der Waals surface area (Å²) >= 11 is 0. The molecular weight excluding hydrogens is 244 g/mol. The Labute approximate surface area is 124 Å². The highest BCUT2D eigenvalue weighted by Gasteiger charge is 2.54. The molecule has 114 valence electrons. The molecule has 1 saturated heterocycles. The monoisotopic (exact) mass is 276 g/mol. The van der Waals surface area contributed by atoms with Gasteiger partial charge < -0.3 is 5.32 Å². The quantitative estimate of drug-likeness (QED) is 0.851. The molecule has 2 unspecified atom stereocenters. The van der Waals surface area contributed by atoms with Crippen LogP contribution < -0.4 is 5.32 Å². The summed E-state index contributed by atoms with van der Waals surface area (Å²) in [5.41, 5.74) is 0.694. The van der Waals surface area contributed by atoms with Crippen molar-refractivity contribution in [3.8, 4) is 0 Å². The molecule has 1 heterocycles. The lowest BCUT2D eigenvalue weighted by Gasteiger charge is -2.61. The third-order valence-corrected chi connectivity index (χ3v) is 7.34. The Morgan fingerprint density at radius 3 is 2.25 bits per heavy atom. The summed E-state index contributed by atoms with van der Waals surface area (Å²) in [5.74, 6) is 3.27. The average Bonchev–Trinajstić information content (AvgIpc) is 2.45. The van der Waals surface area contributed by atoms with Crippen molar-refractivity contribution < 1.29 is 0 Å². The Kier molecular flexibility index (Phi) is 3.38. The van der Waals surface area contributed by atoms with Crippen LogP contribution in [0.1, 0.15) is 58.8 Å². The summed E-state index contributed by atoms with van der Waals surface area (Å²) in [5, 5.41) is 3.60. The number of nitrogens with one attached hydrogen (secondary N) is 1. The van der Waals surface area contributed by atoms with E-state index in [0.717, 1.165) is 29.8 Å². The zero-order valence-corrected chi connectivity index (χ0v) is 13.4. The van der Waals surface area contributed by atoms with Crippen LogP contribution in [0.5, 0.6) is 0 Å². The molecule has 5 rings (SSSR count). The highest BCUT2D eigenvalue weighted by Crippen LogP contribution is 2.62. The van der Waals surface area contributed by atoms with Crippen LogP contribution in [-0.4, -0.2) is 36.6 Å². The number of hydrogen-bond donors (Lipinski definition) is 1. The first kappa shape index (κ1) is 13.6. The molecule has 4 saturated carbocycles. The van der Waals surface area contributed by atoms with Gasteiger partial charge in [-0.15, -0.1) is 0 Å². The summed E-state index contributed by atoms with van der Waals surface area (Å²) in [6, 6.07) is 1.61. The molecule has 5 aliphatic rings. The Bertz CT molecular complexity index is 329. The fraction of sp³-hybridized carbons (Fsp3) is 1.00. The minimum absolute atomic E-state index is 0.694. The molecule has 20 heavy (non-hydrogen) atoms. The van der Waals surface area contributed by atoms with Gasteiger partial charge in [-0.2, -0.15) is 0 Å². The van der Waals surface area contributed by atoms with Crippen molar-refractivity contribution in [3.63, 3.8) is 0 Å². The highest BCUT2D eigenvalue weighted by molar-refractivity contribution is 5.06. The molecule has 0 aromatic heterocycles. The first-order valence-electron chi connectivity index (χ1n) is 9.16. The molecule has 0 aromatic rings. The second kappa shape index (κ2) is 4.98. The van der Waals surface area contributed by atoms with E-state index >= 15 is 0 Å². The maximum absolute atomic E-state index is 3.60. The van der Waals surface area contributed by atoms with Crippen molar-refractivity contribution in [1.29, 1.82) is 0 Å². The summed E-state index contributed by atoms with van der Waals surface area (Å²) < 4.78 is 0. The van der Waals surface area contributed by atoms with Gasteiger partial charge >= 0.3 is 0 Å². The highest BCUT2D eigenvalue weighted by atomic mass is 15.2. The van der Waals surface area contributed by atoms with Crippen LogP contribution in [0, 0.1) is 23.2 Å². The van der Waals surface area contributed by atoms with Crippen molar-refractivity contribution in [2.45, 2.75) is 70.9 Å². The van der Waals surface area contributed by atoms with Gasteiger partial charge in [-0.05, 0) is 75.0 Å². The van der Waals surface area contributed by atoms with Gasteiger partial charge in [-0.1, -0.05) is 6.92 Å². The van der Waals surface area contributed by atoms with Crippen LogP contribution in [0.3, 0.4) is 0 Å². The molecule has 0 amide bonds. The first-order chi connectivity index (χ1) is 9.70. The molecule has 0 aromatic carbocycles. The van der Waals surface area contributed by atoms with Gasteiger partial charge in [-0.25, -0.2) is 0 Å². The van der Waals surface area contributed by atoms with Crippen molar-refractivity contribution in [2.24, 2.45) is 23.2 Å². The van der Waals surface area contributed by atoms with Gasteiger partial charge in [0, 0.05) is 31.7 Å². The van der Waals surface area contributed by atoms with Crippen molar-refractivity contribution in [3.05, 3.63) is 0 Å². The molecule has 2 atom stereocenters. The third-order valence-electron chi connectivity index (χ3n) is 7.34. The van der Waals surface area contributed by atoms with Gasteiger partial charge in [-0.3, -0.25) is 4.90 Å². The Morgan fingerprint density at radius 2 is 1.70 bits per heavy atom. The smallest absolute Gasteiger partial charge is 0.0221 e. The second-order valence-corrected chi connectivity index (χ2v) is 8.46. The van der Waals surface area contributed by atoms with Gasteiger partial charge in [0.05, 0.1) is 0 Å². The summed E-state index contributed by atoms with van der Waals surface area (Å²) in [4.78, 5) is 2.89. The molecule has 1 N–H and O–H groups in total. The fourth-order valence-corrected chi connectivity index (χ4v) is 6.71. The van der Waals surface area contributed by atoms with E-state index in [1.165, 1.54) is 26.1 Å². The second-order valence-electron chi connectivity index (χ2n) is 8.46. The van der Waals surface area contributed by atoms with Gasteiger partial charge in [0.1, 0.15) is 0 Å². The molecular formula is C18H32N2. The first-order valence-corrected chi connectivity index (χ1v) is 9.16. The molecule has 0 radical (unpaired) electrons. The molecule has 4 aliphatic carbocycles. The normalized spacial score (nSPS) is 49.5. The standard InChI is InChI=1S/C18H32N2/c1-3-17-12-19-4-5-20(17)13(2)18-9-14-6-15(10-18)8-16(7-14)11-18/h13-17,19H,3-12H2,1-2H3. The van der Waals surface area contributed by atoms with E-state index in [0.29, 0.717) is 5.41 Å². The van der Waals surface area contributed by atoms with E-state index in [1.807, 2.05) is 0 Å². The number of hydrogen-bond acceptors (Lipinski definition) is 2. The van der Waals surface area contributed by atoms with E-state index in [9.17, 15) is 0 Å². The van der Waals surface area contributed by atoms with Gasteiger partial charge in [0.25, 0.3) is 0 Å². The van der Waals surface area contributed by atoms with Crippen LogP contribution in [0.25, 0.3) is 0 Å². The predicted molar refractivity (Wildman–Crippen MR) is 83.7 cm³/mol. The van der Waals surface area contributed by atoms with E-state index in [1.54, 1.807) is 38.5 Å². The van der Waals surface area contributed by atoms with Crippen molar-refractivity contribution in [1.82, 2.24) is 10.2 Å². The number of piperazine rings is 1. The minimum atomic E-state index is 0.694. The van der Waals surface area contributed by atoms with E-state index in [4.69, 9.17) is 0 Å². The van der Waals surface area contributed by atoms with E-state index in [-0.39, 0.29) is 0 Å². The van der Waals surface area contributed by atoms with Gasteiger partial charge in [0.2, 0.25) is 0 Å². The Hall–Kier alpha value is -0.0800. The number of rotatable bonds is 3. The predicted octanol–water partition coefficient (Wildman–Crippen LogP) is 3.28. The lowest BCUT2D eigenvalue weighted by molar-refractivity contribution is -0.107. The fourth-order valence-electron chi connectivity index (χ4n) is 6.71. The largest absolute Gasteiger partial charge is 0.314 e. The maximum Gasteiger partial charge on any atom is 0.0221 e. The zero-order chi connectivity index (χ0) is 13.7. The Balaban J connectivity index is 1.56. The van der Waals surface area contributed by atoms with Gasteiger partial charge in [0.15, 0.2) is 0 Å². The molecule has 1 aliphatic heterocycles. The van der Waals surface area contributed by atoms with Crippen LogP contribution in [0.15, 0.2) is 0 Å². The lowest BCUT2D eigenvalue weighted by Crippen LogP contribution is -2.62. The molecule has 2 nitrogen and oxygen atoms in total. The van der Waals surface area contributed by atoms with Crippen LogP contribution in [-0.2, 0) is 0 Å². The van der Waals surface area contributed by atoms with Crippen LogP contribution in [0.2, 0.25) is 0 Å². The summed E-state index contributed by atoms with van der Waals surface area (Å²) in [7, 11) is 0. The topological polar surface area (TPSA) is 15.3 Å². The van der Waals surface area contributed by atoms with E-state index in [2.05, 4.69) is 24.1 Å². The van der Waals surface area contributed by atoms with Crippen LogP contribution >= 0.6 is 0 Å². The van der Waals surface area contributed by atoms with Crippen molar-refractivity contribution in [2.75, 3.05) is 19.6 Å². The minimum Gasteiger partial charge on any atom is -0.314 e. The summed E-state index contributed by atoms with van der Waals surface area (Å²) in [6.45, 7) is 8.65. The molecule has 5 fully saturated rings. The molecule has 2 heteroatoms. The average molecular weight is 276 g/mol. The lowest BCUT2D eigenvalue weighted by atomic mass is 9.47. The molecule has 4 bridgehead atoms. The summed E-state index contributed by atoms with van der Waals surface area (Å²) in [6.07, 6.45) is 10.7. The Morgan fingerprint density at radius 1 is 1.10 bits per heavy atom. The van der Waals surface area contributed by atoms with Crippen molar-refractivity contribution >= 4 is 0 Å².